The van der Waals surface area contributed by atoms with Gasteiger partial charge in [-0.1, -0.05) is 26.7 Å². The third-order valence-corrected chi connectivity index (χ3v) is 2.07. The van der Waals surface area contributed by atoms with E-state index < -0.39 is 0 Å². The van der Waals surface area contributed by atoms with E-state index in [1.54, 1.807) is 0 Å². The Labute approximate surface area is 85.2 Å². The first kappa shape index (κ1) is 11.0. The van der Waals surface area contributed by atoms with Gasteiger partial charge in [0, 0.05) is 12.8 Å². The third-order valence-electron chi connectivity index (χ3n) is 2.07. The molecule has 0 N–H and O–H groups in total. The van der Waals surface area contributed by atoms with Crippen molar-refractivity contribution in [2.75, 3.05) is 0 Å². The van der Waals surface area contributed by atoms with Gasteiger partial charge in [-0.05, 0) is 12.8 Å². The topological polar surface area (TPSA) is 51.6 Å². The van der Waals surface area contributed by atoms with Gasteiger partial charge in [-0.3, -0.25) is 0 Å². The lowest BCUT2D eigenvalue weighted by molar-refractivity contribution is 0.645. The summed E-state index contributed by atoms with van der Waals surface area (Å²) in [6, 6.07) is 0. The predicted molar refractivity (Wildman–Crippen MR) is 54.8 cm³/mol. The van der Waals surface area contributed by atoms with E-state index in [4.69, 9.17) is 0 Å². The molecule has 0 aliphatic carbocycles. The molecule has 4 nitrogen and oxygen atoms in total. The van der Waals surface area contributed by atoms with Crippen molar-refractivity contribution >= 4 is 0 Å². The number of rotatable bonds is 6. The number of nitrogens with zero attached hydrogens (tertiary/aromatic N) is 4. The van der Waals surface area contributed by atoms with Crippen molar-refractivity contribution in [3.8, 4) is 0 Å². The van der Waals surface area contributed by atoms with E-state index in [9.17, 15) is 0 Å². The molecule has 1 aromatic heterocycles. The Morgan fingerprint density at radius 3 is 1.36 bits per heavy atom. The molecule has 0 atom stereocenters. The van der Waals surface area contributed by atoms with Gasteiger partial charge >= 0.3 is 0 Å². The van der Waals surface area contributed by atoms with E-state index in [1.165, 1.54) is 0 Å². The molecule has 0 saturated heterocycles. The lowest BCUT2D eigenvalue weighted by Crippen LogP contribution is -2.05. The van der Waals surface area contributed by atoms with Gasteiger partial charge in [-0.15, -0.1) is 20.4 Å². The molecule has 1 heterocycles. The van der Waals surface area contributed by atoms with Crippen LogP contribution in [0.15, 0.2) is 0 Å². The number of unbranched alkanes of at least 4 members (excludes halogenated alkanes) is 2. The fraction of sp³-hybridized carbons (Fsp3) is 0.800. The quantitative estimate of drug-likeness (QED) is 0.694. The zero-order valence-corrected chi connectivity index (χ0v) is 9.03. The minimum Gasteiger partial charge on any atom is -0.132 e. The first-order valence-electron chi connectivity index (χ1n) is 5.42. The second kappa shape index (κ2) is 6.40. The maximum absolute atomic E-state index is 4.05. The Bertz CT molecular complexity index is 218. The standard InChI is InChI=1S/C10H18N4/c1-3-5-7-9-11-13-10(14-12-9)8-6-4-2/h3-8H2,1-2H3. The molecule has 0 amide bonds. The van der Waals surface area contributed by atoms with Crippen LogP contribution in [0.2, 0.25) is 0 Å². The molecule has 0 unspecified atom stereocenters. The Kier molecular flexibility index (Phi) is 5.04. The average molecular weight is 194 g/mol. The highest BCUT2D eigenvalue weighted by molar-refractivity contribution is 4.82. The third kappa shape index (κ3) is 3.77. The Hall–Kier alpha value is -1.06. The van der Waals surface area contributed by atoms with Crippen LogP contribution in [-0.2, 0) is 12.8 Å². The highest BCUT2D eigenvalue weighted by atomic mass is 15.3. The van der Waals surface area contributed by atoms with Crippen LogP contribution in [0.25, 0.3) is 0 Å². The maximum Gasteiger partial charge on any atom is 0.173 e. The largest absolute Gasteiger partial charge is 0.173 e. The van der Waals surface area contributed by atoms with E-state index in [1.807, 2.05) is 0 Å². The van der Waals surface area contributed by atoms with Crippen LogP contribution in [0, 0.1) is 0 Å². The molecule has 0 bridgehead atoms. The van der Waals surface area contributed by atoms with Crippen LogP contribution >= 0.6 is 0 Å². The van der Waals surface area contributed by atoms with Crippen LogP contribution in [0.3, 0.4) is 0 Å². The number of aryl methyl sites for hydroxylation is 2. The highest BCUT2D eigenvalue weighted by Crippen LogP contribution is 1.98. The summed E-state index contributed by atoms with van der Waals surface area (Å²) in [4.78, 5) is 0. The Morgan fingerprint density at radius 2 is 1.07 bits per heavy atom. The van der Waals surface area contributed by atoms with Gasteiger partial charge in [0.15, 0.2) is 11.6 Å². The van der Waals surface area contributed by atoms with Gasteiger partial charge in [-0.25, -0.2) is 0 Å². The van der Waals surface area contributed by atoms with Gasteiger partial charge in [0.1, 0.15) is 0 Å². The number of aromatic nitrogens is 4. The lowest BCUT2D eigenvalue weighted by Gasteiger charge is -1.98. The number of hydrogen-bond donors (Lipinski definition) is 0. The van der Waals surface area contributed by atoms with Gasteiger partial charge in [-0.2, -0.15) is 0 Å². The van der Waals surface area contributed by atoms with E-state index >= 15 is 0 Å². The van der Waals surface area contributed by atoms with E-state index in [2.05, 4.69) is 34.2 Å². The molecule has 0 fully saturated rings. The van der Waals surface area contributed by atoms with Crippen LogP contribution in [0.5, 0.6) is 0 Å². The summed E-state index contributed by atoms with van der Waals surface area (Å²) in [6.45, 7) is 4.30. The molecule has 14 heavy (non-hydrogen) atoms. The summed E-state index contributed by atoms with van der Waals surface area (Å²) in [5.74, 6) is 1.54. The Morgan fingerprint density at radius 1 is 0.714 bits per heavy atom. The fourth-order valence-corrected chi connectivity index (χ4v) is 1.14. The van der Waals surface area contributed by atoms with Crippen molar-refractivity contribution in [3.05, 3.63) is 11.6 Å². The molecule has 0 aliphatic rings. The second-order valence-corrected chi connectivity index (χ2v) is 3.44. The van der Waals surface area contributed by atoms with Crippen LogP contribution in [0.4, 0.5) is 0 Å². The van der Waals surface area contributed by atoms with Crippen molar-refractivity contribution in [2.45, 2.75) is 52.4 Å². The minimum atomic E-state index is 0.770. The molecule has 78 valence electrons. The first-order chi connectivity index (χ1) is 6.86. The van der Waals surface area contributed by atoms with Crippen molar-refractivity contribution in [3.63, 3.8) is 0 Å². The van der Waals surface area contributed by atoms with E-state index in [0.717, 1.165) is 50.2 Å². The van der Waals surface area contributed by atoms with Crippen molar-refractivity contribution in [1.82, 2.24) is 20.4 Å². The SMILES string of the molecule is CCCCc1nnc(CCCC)nn1. The molecule has 0 saturated carbocycles. The average Bonchev–Trinajstić information content (AvgIpc) is 2.25. The zero-order chi connectivity index (χ0) is 10.2. The first-order valence-corrected chi connectivity index (χ1v) is 5.42. The maximum atomic E-state index is 4.05. The monoisotopic (exact) mass is 194 g/mol. The van der Waals surface area contributed by atoms with E-state index in [-0.39, 0.29) is 0 Å². The highest BCUT2D eigenvalue weighted by Gasteiger charge is 2.00. The fourth-order valence-electron chi connectivity index (χ4n) is 1.14. The van der Waals surface area contributed by atoms with Crippen LogP contribution in [0.1, 0.15) is 51.2 Å². The summed E-state index contributed by atoms with van der Waals surface area (Å²) < 4.78 is 0. The second-order valence-electron chi connectivity index (χ2n) is 3.44. The summed E-state index contributed by atoms with van der Waals surface area (Å²) in [6.07, 6.45) is 6.31. The van der Waals surface area contributed by atoms with Crippen LogP contribution in [-0.4, -0.2) is 20.4 Å². The molecule has 0 radical (unpaired) electrons. The molecular weight excluding hydrogens is 176 g/mol. The van der Waals surface area contributed by atoms with Crippen molar-refractivity contribution in [1.29, 1.82) is 0 Å². The molecular formula is C10H18N4. The Balaban J connectivity index is 2.42. The smallest absolute Gasteiger partial charge is 0.132 e. The lowest BCUT2D eigenvalue weighted by atomic mass is 10.2. The normalized spacial score (nSPS) is 10.4. The molecule has 0 spiro atoms. The summed E-state index contributed by atoms with van der Waals surface area (Å²) >= 11 is 0. The molecule has 0 aliphatic heterocycles. The predicted octanol–water partition coefficient (Wildman–Crippen LogP) is 1.95. The van der Waals surface area contributed by atoms with Gasteiger partial charge in [0.25, 0.3) is 0 Å². The molecule has 0 aromatic carbocycles. The van der Waals surface area contributed by atoms with Gasteiger partial charge in [0.2, 0.25) is 0 Å². The summed E-state index contributed by atoms with van der Waals surface area (Å²) in [5, 5.41) is 16.2. The van der Waals surface area contributed by atoms with Gasteiger partial charge in [0.05, 0.1) is 0 Å². The molecule has 1 rings (SSSR count). The van der Waals surface area contributed by atoms with Gasteiger partial charge < -0.3 is 0 Å². The van der Waals surface area contributed by atoms with E-state index in [0.29, 0.717) is 0 Å². The number of hydrogen-bond acceptors (Lipinski definition) is 4. The summed E-state index contributed by atoms with van der Waals surface area (Å²) in [7, 11) is 0. The van der Waals surface area contributed by atoms with Crippen molar-refractivity contribution < 1.29 is 0 Å². The molecule has 4 heteroatoms. The van der Waals surface area contributed by atoms with Crippen LogP contribution < -0.4 is 0 Å². The summed E-state index contributed by atoms with van der Waals surface area (Å²) in [5.41, 5.74) is 0. The zero-order valence-electron chi connectivity index (χ0n) is 9.03. The van der Waals surface area contributed by atoms with Crippen molar-refractivity contribution in [2.24, 2.45) is 0 Å². The minimum absolute atomic E-state index is 0.770. The molecule has 1 aromatic rings.